The fraction of sp³-hybridized carbons (Fsp3) is 0.300. The molecule has 9 heteroatoms. The number of amides is 1. The van der Waals surface area contributed by atoms with Gasteiger partial charge in [0.1, 0.15) is 11.4 Å². The largest absolute Gasteiger partial charge is 0.348 e. The number of fused-ring (bicyclic) bond motifs is 1. The van der Waals surface area contributed by atoms with Gasteiger partial charge in [0.2, 0.25) is 5.91 Å². The van der Waals surface area contributed by atoms with Crippen molar-refractivity contribution in [2.45, 2.75) is 32.9 Å². The number of carbonyl (C=O) groups is 1. The summed E-state index contributed by atoms with van der Waals surface area (Å²) in [6, 6.07) is 13.7. The first-order valence-electron chi connectivity index (χ1n) is 9.07. The number of aryl methyl sites for hydroxylation is 2. The SMILES string of the molecule is Cc1nn(CCC(=O)NC(CN)c2ccc3ccccc3c2)c(C)c1[N+](=O)[O-].Cl. The summed E-state index contributed by atoms with van der Waals surface area (Å²) in [4.78, 5) is 23.1. The molecule has 3 N–H and O–H groups in total. The average Bonchev–Trinajstić information content (AvgIpc) is 2.97. The zero-order chi connectivity index (χ0) is 20.3. The van der Waals surface area contributed by atoms with Gasteiger partial charge in [-0.2, -0.15) is 5.10 Å². The van der Waals surface area contributed by atoms with E-state index in [1.165, 1.54) is 4.68 Å². The highest BCUT2D eigenvalue weighted by Gasteiger charge is 2.22. The maximum Gasteiger partial charge on any atom is 0.312 e. The maximum atomic E-state index is 12.4. The van der Waals surface area contributed by atoms with Crippen molar-refractivity contribution in [3.63, 3.8) is 0 Å². The van der Waals surface area contributed by atoms with Crippen LogP contribution in [-0.2, 0) is 11.3 Å². The molecule has 1 unspecified atom stereocenters. The van der Waals surface area contributed by atoms with E-state index in [0.29, 0.717) is 11.4 Å². The molecule has 1 aromatic heterocycles. The number of nitrogens with two attached hydrogens (primary N) is 1. The Balaban J connectivity index is 0.00000300. The Morgan fingerprint density at radius 1 is 1.24 bits per heavy atom. The van der Waals surface area contributed by atoms with Crippen LogP contribution in [0.2, 0.25) is 0 Å². The summed E-state index contributed by atoms with van der Waals surface area (Å²) in [5.74, 6) is -0.182. The van der Waals surface area contributed by atoms with Gasteiger partial charge in [-0.25, -0.2) is 0 Å². The predicted octanol–water partition coefficient (Wildman–Crippen LogP) is 3.19. The fourth-order valence-corrected chi connectivity index (χ4v) is 3.35. The first-order chi connectivity index (χ1) is 13.4. The first-order valence-corrected chi connectivity index (χ1v) is 9.07. The van der Waals surface area contributed by atoms with Gasteiger partial charge in [-0.3, -0.25) is 19.6 Å². The summed E-state index contributed by atoms with van der Waals surface area (Å²) in [6.45, 7) is 3.76. The third-order valence-corrected chi connectivity index (χ3v) is 4.82. The van der Waals surface area contributed by atoms with Gasteiger partial charge in [-0.05, 0) is 36.2 Å². The smallest absolute Gasteiger partial charge is 0.312 e. The summed E-state index contributed by atoms with van der Waals surface area (Å²) in [5, 5.41) is 20.4. The number of nitro groups is 1. The summed E-state index contributed by atoms with van der Waals surface area (Å²) in [5.41, 5.74) is 7.61. The van der Waals surface area contributed by atoms with Gasteiger partial charge < -0.3 is 11.1 Å². The van der Waals surface area contributed by atoms with Crippen LogP contribution in [-0.4, -0.2) is 27.2 Å². The molecule has 8 nitrogen and oxygen atoms in total. The number of carbonyl (C=O) groups excluding carboxylic acids is 1. The van der Waals surface area contributed by atoms with Crippen molar-refractivity contribution in [2.24, 2.45) is 5.73 Å². The molecular formula is C20H24ClN5O3. The van der Waals surface area contributed by atoms with Crippen LogP contribution in [0, 0.1) is 24.0 Å². The molecule has 0 saturated carbocycles. The molecule has 2 aromatic carbocycles. The van der Waals surface area contributed by atoms with E-state index in [4.69, 9.17) is 5.73 Å². The van der Waals surface area contributed by atoms with Gasteiger partial charge in [-0.15, -0.1) is 12.4 Å². The molecule has 0 aliphatic rings. The number of halogens is 1. The average molecular weight is 418 g/mol. The van der Waals surface area contributed by atoms with Crippen LogP contribution in [0.3, 0.4) is 0 Å². The van der Waals surface area contributed by atoms with Crippen LogP contribution in [0.25, 0.3) is 10.8 Å². The van der Waals surface area contributed by atoms with E-state index in [1.807, 2.05) is 42.5 Å². The van der Waals surface area contributed by atoms with Crippen LogP contribution in [0.5, 0.6) is 0 Å². The molecule has 1 atom stereocenters. The van der Waals surface area contributed by atoms with E-state index in [-0.39, 0.29) is 49.6 Å². The van der Waals surface area contributed by atoms with Crippen LogP contribution in [0.4, 0.5) is 5.69 Å². The molecular weight excluding hydrogens is 394 g/mol. The molecule has 0 fully saturated rings. The Bertz CT molecular complexity index is 1030. The summed E-state index contributed by atoms with van der Waals surface area (Å²) in [7, 11) is 0. The lowest BCUT2D eigenvalue weighted by Gasteiger charge is -2.18. The second-order valence-corrected chi connectivity index (χ2v) is 6.71. The molecule has 29 heavy (non-hydrogen) atoms. The Morgan fingerprint density at radius 3 is 2.55 bits per heavy atom. The third-order valence-electron chi connectivity index (χ3n) is 4.82. The monoisotopic (exact) mass is 417 g/mol. The van der Waals surface area contributed by atoms with Gasteiger partial charge in [0.15, 0.2) is 0 Å². The third kappa shape index (κ3) is 4.90. The standard InChI is InChI=1S/C20H23N5O3.ClH/c1-13-20(25(27)28)14(2)24(23-13)10-9-19(26)22-18(12-21)17-8-7-15-5-3-4-6-16(15)11-17;/h3-8,11,18H,9-10,12,21H2,1-2H3,(H,22,26);1H. The summed E-state index contributed by atoms with van der Waals surface area (Å²) >= 11 is 0. The van der Waals surface area contributed by atoms with E-state index in [9.17, 15) is 14.9 Å². The lowest BCUT2D eigenvalue weighted by Crippen LogP contribution is -2.33. The highest BCUT2D eigenvalue weighted by Crippen LogP contribution is 2.22. The molecule has 0 aliphatic carbocycles. The summed E-state index contributed by atoms with van der Waals surface area (Å²) < 4.78 is 1.50. The second-order valence-electron chi connectivity index (χ2n) is 6.71. The number of nitrogens with one attached hydrogen (secondary N) is 1. The zero-order valence-electron chi connectivity index (χ0n) is 16.3. The lowest BCUT2D eigenvalue weighted by molar-refractivity contribution is -0.386. The van der Waals surface area contributed by atoms with Crippen molar-refractivity contribution in [1.82, 2.24) is 15.1 Å². The van der Waals surface area contributed by atoms with Crippen LogP contribution >= 0.6 is 12.4 Å². The molecule has 0 radical (unpaired) electrons. The lowest BCUT2D eigenvalue weighted by atomic mass is 10.0. The number of aromatic nitrogens is 2. The van der Waals surface area contributed by atoms with E-state index < -0.39 is 4.92 Å². The normalized spacial score (nSPS) is 11.7. The molecule has 1 amide bonds. The van der Waals surface area contributed by atoms with Gasteiger partial charge >= 0.3 is 5.69 Å². The predicted molar refractivity (Wildman–Crippen MR) is 114 cm³/mol. The van der Waals surface area contributed by atoms with Crippen molar-refractivity contribution < 1.29 is 9.72 Å². The van der Waals surface area contributed by atoms with Crippen LogP contribution in [0.15, 0.2) is 42.5 Å². The molecule has 0 aliphatic heterocycles. The molecule has 154 valence electrons. The van der Waals surface area contributed by atoms with Crippen LogP contribution in [0.1, 0.15) is 29.4 Å². The Labute approximate surface area is 174 Å². The number of hydrogen-bond donors (Lipinski definition) is 2. The Morgan fingerprint density at radius 2 is 1.93 bits per heavy atom. The number of benzene rings is 2. The number of rotatable bonds is 7. The molecule has 0 spiro atoms. The Kier molecular flexibility index (Phi) is 7.30. The minimum Gasteiger partial charge on any atom is -0.348 e. The van der Waals surface area contributed by atoms with Crippen molar-refractivity contribution >= 4 is 34.8 Å². The molecule has 0 bridgehead atoms. The first kappa shape index (κ1) is 22.3. The van der Waals surface area contributed by atoms with E-state index in [0.717, 1.165) is 16.3 Å². The van der Waals surface area contributed by atoms with Gasteiger partial charge in [0, 0.05) is 13.0 Å². The fourth-order valence-electron chi connectivity index (χ4n) is 3.35. The van der Waals surface area contributed by atoms with E-state index in [1.54, 1.807) is 13.8 Å². The van der Waals surface area contributed by atoms with Crippen molar-refractivity contribution in [1.29, 1.82) is 0 Å². The molecule has 3 aromatic rings. The van der Waals surface area contributed by atoms with Crippen molar-refractivity contribution in [3.8, 4) is 0 Å². The second kappa shape index (κ2) is 9.49. The summed E-state index contributed by atoms with van der Waals surface area (Å²) in [6.07, 6.45) is 0.156. The Hall–Kier alpha value is -2.97. The topological polar surface area (TPSA) is 116 Å². The molecule has 0 saturated heterocycles. The van der Waals surface area contributed by atoms with Crippen molar-refractivity contribution in [3.05, 3.63) is 69.5 Å². The van der Waals surface area contributed by atoms with Gasteiger partial charge in [0.25, 0.3) is 0 Å². The minimum atomic E-state index is -0.446. The highest BCUT2D eigenvalue weighted by atomic mass is 35.5. The van der Waals surface area contributed by atoms with Gasteiger partial charge in [0.05, 0.1) is 17.5 Å². The van der Waals surface area contributed by atoms with E-state index >= 15 is 0 Å². The molecule has 1 heterocycles. The molecule has 3 rings (SSSR count). The minimum absolute atomic E-state index is 0. The maximum absolute atomic E-state index is 12.4. The number of hydrogen-bond acceptors (Lipinski definition) is 5. The van der Waals surface area contributed by atoms with Crippen molar-refractivity contribution in [2.75, 3.05) is 6.54 Å². The highest BCUT2D eigenvalue weighted by molar-refractivity contribution is 5.85. The number of nitrogens with zero attached hydrogens (tertiary/aromatic N) is 3. The zero-order valence-corrected chi connectivity index (χ0v) is 17.1. The quantitative estimate of drug-likeness (QED) is 0.452. The van der Waals surface area contributed by atoms with Gasteiger partial charge in [-0.1, -0.05) is 36.4 Å². The van der Waals surface area contributed by atoms with E-state index in [2.05, 4.69) is 10.4 Å². The van der Waals surface area contributed by atoms with Crippen LogP contribution < -0.4 is 11.1 Å².